The molecule has 8 heteroatoms. The highest BCUT2D eigenvalue weighted by Crippen LogP contribution is 2.32. The Kier molecular flexibility index (Phi) is 6.93. The molecular formula is C26H25ClN2O5. The molecule has 34 heavy (non-hydrogen) atoms. The second-order valence-electron chi connectivity index (χ2n) is 7.90. The van der Waals surface area contributed by atoms with Crippen LogP contribution in [0.4, 0.5) is 5.69 Å². The molecule has 3 aromatic carbocycles. The fraction of sp³-hybridized carbons (Fsp3) is 0.231. The van der Waals surface area contributed by atoms with Gasteiger partial charge in [0.2, 0.25) is 0 Å². The summed E-state index contributed by atoms with van der Waals surface area (Å²) in [5.41, 5.74) is 2.61. The Hall–Kier alpha value is -3.71. The maximum Gasteiger partial charge on any atom is 0.263 e. The van der Waals surface area contributed by atoms with Crippen molar-refractivity contribution in [1.29, 1.82) is 0 Å². The first-order chi connectivity index (χ1) is 16.4. The molecule has 7 nitrogen and oxygen atoms in total. The van der Waals surface area contributed by atoms with Crippen molar-refractivity contribution < 1.29 is 23.8 Å². The van der Waals surface area contributed by atoms with Crippen LogP contribution in [-0.4, -0.2) is 37.0 Å². The highest BCUT2D eigenvalue weighted by atomic mass is 35.5. The van der Waals surface area contributed by atoms with Gasteiger partial charge < -0.3 is 24.4 Å². The van der Waals surface area contributed by atoms with E-state index in [1.54, 1.807) is 54.3 Å². The van der Waals surface area contributed by atoms with Crippen molar-refractivity contribution in [2.45, 2.75) is 26.1 Å². The van der Waals surface area contributed by atoms with Crippen molar-refractivity contribution in [1.82, 2.24) is 4.90 Å². The summed E-state index contributed by atoms with van der Waals surface area (Å²) in [6.45, 7) is 2.48. The average molecular weight is 481 g/mol. The molecular weight excluding hydrogens is 456 g/mol. The number of carbonyl (C=O) groups excluding carboxylic acids is 2. The van der Waals surface area contributed by atoms with E-state index in [1.165, 1.54) is 14.2 Å². The summed E-state index contributed by atoms with van der Waals surface area (Å²) in [7, 11) is 3.00. The number of nitrogens with zero attached hydrogens (tertiary/aromatic N) is 1. The number of rotatable bonds is 6. The smallest absolute Gasteiger partial charge is 0.263 e. The third kappa shape index (κ3) is 4.94. The Balaban J connectivity index is 1.59. The van der Waals surface area contributed by atoms with Crippen LogP contribution in [0.1, 0.15) is 28.4 Å². The second kappa shape index (κ2) is 10.1. The number of ether oxygens (including phenoxy) is 3. The lowest BCUT2D eigenvalue weighted by atomic mass is 10.1. The zero-order valence-electron chi connectivity index (χ0n) is 19.1. The van der Waals surface area contributed by atoms with Gasteiger partial charge in [-0.3, -0.25) is 9.59 Å². The standard InChI is InChI=1S/C26H25ClN2O5/c1-16-26(31)29(14-17-7-9-19(27)10-8-17)15-18-13-20(11-12-21(18)34-16)28-25(30)24-22(32-2)5-4-6-23(24)33-3/h4-13,16H,14-15H2,1-3H3,(H,28,30). The van der Waals surface area contributed by atoms with E-state index in [9.17, 15) is 9.59 Å². The molecule has 0 aromatic heterocycles. The molecule has 1 N–H and O–H groups in total. The molecule has 176 valence electrons. The maximum atomic E-state index is 13.1. The molecule has 0 spiro atoms. The van der Waals surface area contributed by atoms with Crippen LogP contribution in [0.25, 0.3) is 0 Å². The van der Waals surface area contributed by atoms with E-state index in [2.05, 4.69) is 5.32 Å². The Morgan fingerprint density at radius 3 is 2.41 bits per heavy atom. The number of anilines is 1. The van der Waals surface area contributed by atoms with Gasteiger partial charge in [0.15, 0.2) is 6.10 Å². The molecule has 1 aliphatic heterocycles. The first kappa shape index (κ1) is 23.4. The molecule has 1 heterocycles. The zero-order valence-corrected chi connectivity index (χ0v) is 19.9. The summed E-state index contributed by atoms with van der Waals surface area (Å²) >= 11 is 5.99. The summed E-state index contributed by atoms with van der Waals surface area (Å²) in [5, 5.41) is 3.54. The molecule has 1 aliphatic rings. The van der Waals surface area contributed by atoms with Gasteiger partial charge in [-0.25, -0.2) is 0 Å². The van der Waals surface area contributed by atoms with Crippen molar-refractivity contribution in [2.24, 2.45) is 0 Å². The summed E-state index contributed by atoms with van der Waals surface area (Å²) in [5.74, 6) is 0.932. The second-order valence-corrected chi connectivity index (χ2v) is 8.33. The van der Waals surface area contributed by atoms with E-state index >= 15 is 0 Å². The van der Waals surface area contributed by atoms with Gasteiger partial charge in [-0.05, 0) is 55.0 Å². The minimum Gasteiger partial charge on any atom is -0.496 e. The predicted octanol–water partition coefficient (Wildman–Crippen LogP) is 4.92. The van der Waals surface area contributed by atoms with Gasteiger partial charge in [-0.1, -0.05) is 29.8 Å². The van der Waals surface area contributed by atoms with Crippen LogP contribution in [0.3, 0.4) is 0 Å². The van der Waals surface area contributed by atoms with Crippen LogP contribution in [0.15, 0.2) is 60.7 Å². The number of amides is 2. The molecule has 0 bridgehead atoms. The largest absolute Gasteiger partial charge is 0.496 e. The molecule has 0 saturated carbocycles. The van der Waals surface area contributed by atoms with E-state index in [4.69, 9.17) is 25.8 Å². The number of nitrogens with one attached hydrogen (secondary N) is 1. The number of benzene rings is 3. The number of hydrogen-bond acceptors (Lipinski definition) is 5. The first-order valence-corrected chi connectivity index (χ1v) is 11.1. The highest BCUT2D eigenvalue weighted by molar-refractivity contribution is 6.30. The number of fused-ring (bicyclic) bond motifs is 1. The molecule has 4 rings (SSSR count). The van der Waals surface area contributed by atoms with E-state index in [0.717, 1.165) is 11.1 Å². The van der Waals surface area contributed by atoms with E-state index in [1.807, 2.05) is 18.2 Å². The van der Waals surface area contributed by atoms with Crippen molar-refractivity contribution in [3.63, 3.8) is 0 Å². The molecule has 3 aromatic rings. The molecule has 0 radical (unpaired) electrons. The van der Waals surface area contributed by atoms with Crippen molar-refractivity contribution in [3.05, 3.63) is 82.4 Å². The monoisotopic (exact) mass is 480 g/mol. The number of hydrogen-bond donors (Lipinski definition) is 1. The van der Waals surface area contributed by atoms with Crippen LogP contribution in [0.2, 0.25) is 5.02 Å². The van der Waals surface area contributed by atoms with Crippen molar-refractivity contribution in [2.75, 3.05) is 19.5 Å². The minimum absolute atomic E-state index is 0.115. The molecule has 1 atom stereocenters. The number of methoxy groups -OCH3 is 2. The van der Waals surface area contributed by atoms with Crippen molar-refractivity contribution >= 4 is 29.1 Å². The SMILES string of the molecule is COc1cccc(OC)c1C(=O)Nc1ccc2c(c1)CN(Cc1ccc(Cl)cc1)C(=O)C(C)O2. The van der Waals surface area contributed by atoms with Gasteiger partial charge in [-0.2, -0.15) is 0 Å². The Labute approximate surface area is 203 Å². The lowest BCUT2D eigenvalue weighted by molar-refractivity contribution is -0.138. The van der Waals surface area contributed by atoms with Crippen LogP contribution in [0.5, 0.6) is 17.2 Å². The molecule has 2 amide bonds. The van der Waals surface area contributed by atoms with Crippen molar-refractivity contribution in [3.8, 4) is 17.2 Å². The third-order valence-corrected chi connectivity index (χ3v) is 5.84. The minimum atomic E-state index is -0.633. The molecule has 0 saturated heterocycles. The summed E-state index contributed by atoms with van der Waals surface area (Å²) in [6.07, 6.45) is -0.633. The van der Waals surface area contributed by atoms with Crippen LogP contribution < -0.4 is 19.5 Å². The molecule has 1 unspecified atom stereocenters. The highest BCUT2D eigenvalue weighted by Gasteiger charge is 2.28. The van der Waals surface area contributed by atoms with Crippen LogP contribution in [0, 0.1) is 0 Å². The van der Waals surface area contributed by atoms with E-state index < -0.39 is 6.10 Å². The predicted molar refractivity (Wildman–Crippen MR) is 130 cm³/mol. The van der Waals surface area contributed by atoms with Crippen LogP contribution >= 0.6 is 11.6 Å². The van der Waals surface area contributed by atoms with Crippen LogP contribution in [-0.2, 0) is 17.9 Å². The quantitative estimate of drug-likeness (QED) is 0.542. The maximum absolute atomic E-state index is 13.1. The Morgan fingerprint density at radius 2 is 1.76 bits per heavy atom. The zero-order chi connectivity index (χ0) is 24.2. The van der Waals surface area contributed by atoms with Gasteiger partial charge in [0, 0.05) is 29.4 Å². The topological polar surface area (TPSA) is 77.1 Å². The Morgan fingerprint density at radius 1 is 1.09 bits per heavy atom. The summed E-state index contributed by atoms with van der Waals surface area (Å²) in [4.78, 5) is 27.8. The van der Waals surface area contributed by atoms with E-state index in [0.29, 0.717) is 46.6 Å². The Bertz CT molecular complexity index is 1190. The first-order valence-electron chi connectivity index (χ1n) is 10.7. The van der Waals surface area contributed by atoms with Gasteiger partial charge in [0.25, 0.3) is 11.8 Å². The third-order valence-electron chi connectivity index (χ3n) is 5.58. The fourth-order valence-electron chi connectivity index (χ4n) is 3.89. The lowest BCUT2D eigenvalue weighted by Crippen LogP contribution is -2.37. The fourth-order valence-corrected chi connectivity index (χ4v) is 4.02. The molecule has 0 aliphatic carbocycles. The normalized spacial score (nSPS) is 15.1. The molecule has 0 fully saturated rings. The van der Waals surface area contributed by atoms with Gasteiger partial charge >= 0.3 is 0 Å². The number of halogens is 1. The van der Waals surface area contributed by atoms with E-state index in [-0.39, 0.29) is 11.8 Å². The van der Waals surface area contributed by atoms with Gasteiger partial charge in [0.05, 0.1) is 14.2 Å². The van der Waals surface area contributed by atoms with Gasteiger partial charge in [-0.15, -0.1) is 0 Å². The van der Waals surface area contributed by atoms with Gasteiger partial charge in [0.1, 0.15) is 22.8 Å². The summed E-state index contributed by atoms with van der Waals surface area (Å²) in [6, 6.07) is 17.9. The summed E-state index contributed by atoms with van der Waals surface area (Å²) < 4.78 is 16.6. The average Bonchev–Trinajstić information content (AvgIpc) is 2.95. The lowest BCUT2D eigenvalue weighted by Gasteiger charge is -2.22. The number of carbonyl (C=O) groups is 2.